The van der Waals surface area contributed by atoms with E-state index in [1.807, 2.05) is 6.07 Å². The predicted octanol–water partition coefficient (Wildman–Crippen LogP) is 0.980. The third-order valence-electron chi connectivity index (χ3n) is 5.09. The summed E-state index contributed by atoms with van der Waals surface area (Å²) in [7, 11) is -4.00. The third-order valence-corrected chi connectivity index (χ3v) is 6.51. The lowest BCUT2D eigenvalue weighted by atomic mass is 10.1. The SMILES string of the molecule is O=C([C@H](NS(=O)(=O)c1ccc2[nH]c(=O)ccc2c1)c1ccccc1)N1CCNCC1. The van der Waals surface area contributed by atoms with Crippen LogP contribution >= 0.6 is 0 Å². The molecule has 1 aliphatic heterocycles. The Morgan fingerprint density at radius 1 is 1.00 bits per heavy atom. The number of hydrogen-bond donors (Lipinski definition) is 3. The molecule has 3 N–H and O–H groups in total. The number of pyridine rings is 1. The fourth-order valence-electron chi connectivity index (χ4n) is 3.50. The number of aromatic nitrogens is 1. The summed E-state index contributed by atoms with van der Waals surface area (Å²) in [5.74, 6) is -0.281. The van der Waals surface area contributed by atoms with Crippen molar-refractivity contribution < 1.29 is 13.2 Å². The molecule has 3 aromatic rings. The topological polar surface area (TPSA) is 111 Å². The molecule has 30 heavy (non-hydrogen) atoms. The number of H-pyrrole nitrogens is 1. The summed E-state index contributed by atoms with van der Waals surface area (Å²) in [6.45, 7) is 2.38. The number of nitrogens with zero attached hydrogens (tertiary/aromatic N) is 1. The molecule has 0 aliphatic carbocycles. The van der Waals surface area contributed by atoms with Crippen LogP contribution in [-0.2, 0) is 14.8 Å². The van der Waals surface area contributed by atoms with Gasteiger partial charge >= 0.3 is 0 Å². The van der Waals surface area contributed by atoms with Gasteiger partial charge < -0.3 is 15.2 Å². The molecule has 0 spiro atoms. The van der Waals surface area contributed by atoms with Crippen LogP contribution in [0.1, 0.15) is 11.6 Å². The Morgan fingerprint density at radius 2 is 1.73 bits per heavy atom. The van der Waals surface area contributed by atoms with Crippen LogP contribution in [0.4, 0.5) is 0 Å². The van der Waals surface area contributed by atoms with E-state index in [0.29, 0.717) is 42.6 Å². The van der Waals surface area contributed by atoms with Gasteiger partial charge in [0.1, 0.15) is 6.04 Å². The van der Waals surface area contributed by atoms with E-state index in [-0.39, 0.29) is 16.4 Å². The molecule has 9 heteroatoms. The van der Waals surface area contributed by atoms with Crippen LogP contribution in [0.2, 0.25) is 0 Å². The molecule has 4 rings (SSSR count). The second-order valence-electron chi connectivity index (χ2n) is 7.11. The van der Waals surface area contributed by atoms with E-state index in [1.165, 1.54) is 18.2 Å². The molecule has 0 unspecified atom stereocenters. The van der Waals surface area contributed by atoms with Gasteiger partial charge in [-0.1, -0.05) is 30.3 Å². The average molecular weight is 426 g/mol. The van der Waals surface area contributed by atoms with Crippen LogP contribution < -0.4 is 15.6 Å². The highest BCUT2D eigenvalue weighted by molar-refractivity contribution is 7.89. The number of carbonyl (C=O) groups is 1. The number of fused-ring (bicyclic) bond motifs is 1. The quantitative estimate of drug-likeness (QED) is 0.563. The van der Waals surface area contributed by atoms with Crippen molar-refractivity contribution >= 4 is 26.8 Å². The Bertz CT molecular complexity index is 1220. The number of hydrogen-bond acceptors (Lipinski definition) is 5. The number of aromatic amines is 1. The van der Waals surface area contributed by atoms with Crippen molar-refractivity contribution in [1.82, 2.24) is 19.9 Å². The summed E-state index contributed by atoms with van der Waals surface area (Å²) in [6, 6.07) is 15.1. The minimum atomic E-state index is -4.00. The van der Waals surface area contributed by atoms with Gasteiger partial charge in [-0.2, -0.15) is 4.72 Å². The Morgan fingerprint density at radius 3 is 2.47 bits per heavy atom. The van der Waals surface area contributed by atoms with Gasteiger partial charge in [-0.15, -0.1) is 0 Å². The third kappa shape index (κ3) is 4.28. The van der Waals surface area contributed by atoms with Crippen molar-refractivity contribution in [3.63, 3.8) is 0 Å². The highest BCUT2D eigenvalue weighted by Crippen LogP contribution is 2.22. The number of nitrogens with one attached hydrogen (secondary N) is 3. The second-order valence-corrected chi connectivity index (χ2v) is 8.83. The zero-order valence-electron chi connectivity index (χ0n) is 16.2. The lowest BCUT2D eigenvalue weighted by Crippen LogP contribution is -2.50. The molecule has 1 saturated heterocycles. The van der Waals surface area contributed by atoms with Crippen molar-refractivity contribution in [2.24, 2.45) is 0 Å². The maximum atomic E-state index is 13.2. The molecule has 1 amide bonds. The van der Waals surface area contributed by atoms with Gasteiger partial charge in [0.05, 0.1) is 4.90 Å². The van der Waals surface area contributed by atoms with E-state index in [1.54, 1.807) is 41.3 Å². The Labute approximate surface area is 174 Å². The minimum Gasteiger partial charge on any atom is -0.338 e. The maximum Gasteiger partial charge on any atom is 0.248 e. The van der Waals surface area contributed by atoms with Crippen LogP contribution in [0.25, 0.3) is 10.9 Å². The van der Waals surface area contributed by atoms with Gasteiger partial charge in [0, 0.05) is 37.8 Å². The van der Waals surface area contributed by atoms with E-state index in [4.69, 9.17) is 0 Å². The Balaban J connectivity index is 1.68. The van der Waals surface area contributed by atoms with E-state index < -0.39 is 16.1 Å². The molecule has 1 aromatic heterocycles. The maximum absolute atomic E-state index is 13.2. The van der Waals surface area contributed by atoms with Gasteiger partial charge in [-0.3, -0.25) is 9.59 Å². The Kier molecular flexibility index (Phi) is 5.67. The van der Waals surface area contributed by atoms with Crippen LogP contribution in [0.3, 0.4) is 0 Å². The molecule has 0 radical (unpaired) electrons. The van der Waals surface area contributed by atoms with Crippen molar-refractivity contribution in [3.8, 4) is 0 Å². The molecule has 8 nitrogen and oxygen atoms in total. The van der Waals surface area contributed by atoms with Gasteiger partial charge in [0.15, 0.2) is 0 Å². The molecule has 1 atom stereocenters. The van der Waals surface area contributed by atoms with Crippen molar-refractivity contribution in [2.45, 2.75) is 10.9 Å². The molecule has 2 heterocycles. The molecular formula is C21H22N4O4S. The molecule has 1 aliphatic rings. The molecular weight excluding hydrogens is 404 g/mol. The largest absolute Gasteiger partial charge is 0.338 e. The zero-order chi connectivity index (χ0) is 21.1. The number of rotatable bonds is 5. The van der Waals surface area contributed by atoms with Gasteiger partial charge in [0.25, 0.3) is 0 Å². The fraction of sp³-hybridized carbons (Fsp3) is 0.238. The molecule has 0 saturated carbocycles. The van der Waals surface area contributed by atoms with Crippen LogP contribution in [0.5, 0.6) is 0 Å². The van der Waals surface area contributed by atoms with Gasteiger partial charge in [-0.05, 0) is 35.2 Å². The normalized spacial score (nSPS) is 15.8. The fourth-order valence-corrected chi connectivity index (χ4v) is 4.71. The number of carbonyl (C=O) groups excluding carboxylic acids is 1. The van der Waals surface area contributed by atoms with E-state index in [2.05, 4.69) is 15.0 Å². The average Bonchev–Trinajstić information content (AvgIpc) is 2.78. The first-order valence-corrected chi connectivity index (χ1v) is 11.1. The van der Waals surface area contributed by atoms with Gasteiger partial charge in [-0.25, -0.2) is 8.42 Å². The summed E-state index contributed by atoms with van der Waals surface area (Å²) in [4.78, 5) is 29.0. The van der Waals surface area contributed by atoms with Crippen LogP contribution in [0, 0.1) is 0 Å². The minimum absolute atomic E-state index is 0.0242. The van der Waals surface area contributed by atoms with E-state index >= 15 is 0 Å². The molecule has 2 aromatic carbocycles. The molecule has 1 fully saturated rings. The lowest BCUT2D eigenvalue weighted by molar-refractivity contribution is -0.133. The van der Waals surface area contributed by atoms with E-state index in [9.17, 15) is 18.0 Å². The lowest BCUT2D eigenvalue weighted by Gasteiger charge is -2.31. The predicted molar refractivity (Wildman–Crippen MR) is 114 cm³/mol. The smallest absolute Gasteiger partial charge is 0.248 e. The second kappa shape index (κ2) is 8.39. The van der Waals surface area contributed by atoms with Gasteiger partial charge in [0.2, 0.25) is 21.5 Å². The first kappa shape index (κ1) is 20.3. The molecule has 0 bridgehead atoms. The molecule has 156 valence electrons. The number of amides is 1. The highest BCUT2D eigenvalue weighted by atomic mass is 32.2. The first-order valence-electron chi connectivity index (χ1n) is 9.64. The summed E-state index contributed by atoms with van der Waals surface area (Å²) in [5, 5.41) is 3.77. The van der Waals surface area contributed by atoms with Crippen molar-refractivity contribution in [1.29, 1.82) is 0 Å². The highest BCUT2D eigenvalue weighted by Gasteiger charge is 2.31. The monoisotopic (exact) mass is 426 g/mol. The summed E-state index contributed by atoms with van der Waals surface area (Å²) in [6.07, 6.45) is 0. The summed E-state index contributed by atoms with van der Waals surface area (Å²) >= 11 is 0. The number of benzene rings is 2. The summed E-state index contributed by atoms with van der Waals surface area (Å²) < 4.78 is 28.9. The first-order chi connectivity index (χ1) is 14.4. The summed E-state index contributed by atoms with van der Waals surface area (Å²) in [5.41, 5.74) is 0.856. The number of piperazine rings is 1. The van der Waals surface area contributed by atoms with E-state index in [0.717, 1.165) is 0 Å². The van der Waals surface area contributed by atoms with Crippen molar-refractivity contribution in [2.75, 3.05) is 26.2 Å². The Hall–Kier alpha value is -3.01. The van der Waals surface area contributed by atoms with Crippen LogP contribution in [-0.4, -0.2) is 50.4 Å². The van der Waals surface area contributed by atoms with Crippen LogP contribution in [0.15, 0.2) is 70.4 Å². The van der Waals surface area contributed by atoms with Crippen molar-refractivity contribution in [3.05, 3.63) is 76.6 Å². The number of sulfonamides is 1. The zero-order valence-corrected chi connectivity index (χ0v) is 17.0. The standard InChI is InChI=1S/C21H22N4O4S/c26-19-9-6-16-14-17(7-8-18(16)23-19)30(28,29)24-20(15-4-2-1-3-5-15)21(27)25-12-10-22-11-13-25/h1-9,14,20,22,24H,10-13H2,(H,23,26)/t20-/m1/s1.